The van der Waals surface area contributed by atoms with E-state index in [0.717, 1.165) is 36.8 Å². The SMILES string of the molecule is CCCCCCCN(C(=O)C(Cc1ccc(O)cc1)NC(=O)OC(C)(C)C)C(C(=O)Nc1c(C)cccc1Cl)c1ccccc1. The van der Waals surface area contributed by atoms with Crippen molar-refractivity contribution in [3.8, 4) is 5.75 Å². The Morgan fingerprint density at radius 1 is 0.911 bits per heavy atom. The molecule has 8 nitrogen and oxygen atoms in total. The summed E-state index contributed by atoms with van der Waals surface area (Å²) in [5.74, 6) is -0.754. The number of amides is 3. The van der Waals surface area contributed by atoms with Gasteiger partial charge < -0.3 is 25.4 Å². The minimum absolute atomic E-state index is 0.0890. The van der Waals surface area contributed by atoms with Crippen molar-refractivity contribution in [2.24, 2.45) is 0 Å². The Balaban J connectivity index is 2.06. The topological polar surface area (TPSA) is 108 Å². The molecule has 0 aliphatic rings. The number of aromatic hydroxyl groups is 1. The standard InChI is InChI=1S/C36H46ClN3O5/c1-6-7-8-9-13-23-40(32(27-16-11-10-12-17-27)33(42)39-31-25(2)15-14-18-29(31)37)34(43)30(38-35(44)45-36(3,4)5)24-26-19-21-28(41)22-20-26/h10-12,14-22,30,32,41H,6-9,13,23-24H2,1-5H3,(H,38,44)(H,39,42). The number of aryl methyl sites for hydroxylation is 1. The van der Waals surface area contributed by atoms with Gasteiger partial charge in [0.1, 0.15) is 23.4 Å². The highest BCUT2D eigenvalue weighted by atomic mass is 35.5. The van der Waals surface area contributed by atoms with Crippen molar-refractivity contribution in [2.45, 2.75) is 90.8 Å². The summed E-state index contributed by atoms with van der Waals surface area (Å²) in [6, 6.07) is 18.9. The normalized spacial score (nSPS) is 12.6. The molecule has 0 spiro atoms. The van der Waals surface area contributed by atoms with E-state index in [4.69, 9.17) is 16.3 Å². The van der Waals surface area contributed by atoms with E-state index in [9.17, 15) is 19.5 Å². The summed E-state index contributed by atoms with van der Waals surface area (Å²) in [5.41, 5.74) is 1.83. The van der Waals surface area contributed by atoms with E-state index >= 15 is 0 Å². The van der Waals surface area contributed by atoms with Gasteiger partial charge in [-0.2, -0.15) is 0 Å². The Hall–Kier alpha value is -4.04. The Morgan fingerprint density at radius 2 is 1.58 bits per heavy atom. The van der Waals surface area contributed by atoms with E-state index in [1.165, 1.54) is 12.1 Å². The van der Waals surface area contributed by atoms with Crippen molar-refractivity contribution in [3.63, 3.8) is 0 Å². The van der Waals surface area contributed by atoms with E-state index in [1.807, 2.05) is 49.4 Å². The van der Waals surface area contributed by atoms with E-state index in [2.05, 4.69) is 17.6 Å². The molecule has 0 saturated carbocycles. The summed E-state index contributed by atoms with van der Waals surface area (Å²) in [4.78, 5) is 43.5. The van der Waals surface area contributed by atoms with E-state index in [-0.39, 0.29) is 12.2 Å². The van der Waals surface area contributed by atoms with Gasteiger partial charge in [0.05, 0.1) is 10.7 Å². The third-order valence-corrected chi connectivity index (χ3v) is 7.61. The molecule has 0 aliphatic heterocycles. The zero-order chi connectivity index (χ0) is 33.0. The van der Waals surface area contributed by atoms with Crippen molar-refractivity contribution in [1.29, 1.82) is 0 Å². The monoisotopic (exact) mass is 635 g/mol. The first-order chi connectivity index (χ1) is 21.4. The molecule has 0 aromatic heterocycles. The lowest BCUT2D eigenvalue weighted by Gasteiger charge is -2.35. The number of phenolic OH excluding ortho intramolecular Hbond substituents is 1. The molecule has 3 aromatic carbocycles. The molecule has 242 valence electrons. The van der Waals surface area contributed by atoms with E-state index < -0.39 is 35.6 Å². The number of unbranched alkanes of at least 4 members (excludes halogenated alkanes) is 4. The summed E-state index contributed by atoms with van der Waals surface area (Å²) >= 11 is 6.49. The maximum atomic E-state index is 14.6. The van der Waals surface area contributed by atoms with Crippen LogP contribution in [-0.2, 0) is 20.7 Å². The van der Waals surface area contributed by atoms with Crippen LogP contribution in [0.1, 0.15) is 82.5 Å². The highest BCUT2D eigenvalue weighted by molar-refractivity contribution is 6.34. The Labute approximate surface area is 272 Å². The first kappa shape index (κ1) is 35.4. The fourth-order valence-corrected chi connectivity index (χ4v) is 5.33. The molecule has 3 rings (SSSR count). The predicted molar refractivity (Wildman–Crippen MR) is 179 cm³/mol. The number of hydrogen-bond donors (Lipinski definition) is 3. The Morgan fingerprint density at radius 3 is 2.20 bits per heavy atom. The summed E-state index contributed by atoms with van der Waals surface area (Å²) < 4.78 is 5.52. The smallest absolute Gasteiger partial charge is 0.408 e. The minimum Gasteiger partial charge on any atom is -0.508 e. The summed E-state index contributed by atoms with van der Waals surface area (Å²) in [7, 11) is 0. The molecule has 3 amide bonds. The molecule has 0 bridgehead atoms. The van der Waals surface area contributed by atoms with Crippen molar-refractivity contribution < 1.29 is 24.2 Å². The number of rotatable bonds is 14. The van der Waals surface area contributed by atoms with Crippen LogP contribution in [-0.4, -0.2) is 46.1 Å². The van der Waals surface area contributed by atoms with Crippen LogP contribution >= 0.6 is 11.6 Å². The van der Waals surface area contributed by atoms with Gasteiger partial charge in [0.25, 0.3) is 5.91 Å². The largest absolute Gasteiger partial charge is 0.508 e. The molecule has 0 fully saturated rings. The first-order valence-electron chi connectivity index (χ1n) is 15.6. The quantitative estimate of drug-likeness (QED) is 0.156. The third-order valence-electron chi connectivity index (χ3n) is 7.30. The molecule has 0 radical (unpaired) electrons. The van der Waals surface area contributed by atoms with Gasteiger partial charge in [0.2, 0.25) is 5.91 Å². The second-order valence-electron chi connectivity index (χ2n) is 12.2. The van der Waals surface area contributed by atoms with Crippen LogP contribution in [0.5, 0.6) is 5.75 Å². The van der Waals surface area contributed by atoms with Crippen LogP contribution in [0.25, 0.3) is 0 Å². The Bertz CT molecular complexity index is 1390. The van der Waals surface area contributed by atoms with Crippen LogP contribution in [0.4, 0.5) is 10.5 Å². The van der Waals surface area contributed by atoms with Crippen molar-refractivity contribution in [1.82, 2.24) is 10.2 Å². The fourth-order valence-electron chi connectivity index (χ4n) is 5.06. The number of ether oxygens (including phenoxy) is 1. The van der Waals surface area contributed by atoms with E-state index in [1.54, 1.807) is 43.9 Å². The number of anilines is 1. The van der Waals surface area contributed by atoms with Gasteiger partial charge in [-0.15, -0.1) is 0 Å². The van der Waals surface area contributed by atoms with Crippen molar-refractivity contribution in [2.75, 3.05) is 11.9 Å². The van der Waals surface area contributed by atoms with Gasteiger partial charge in [-0.1, -0.05) is 98.8 Å². The van der Waals surface area contributed by atoms with Gasteiger partial charge in [-0.25, -0.2) is 4.79 Å². The maximum absolute atomic E-state index is 14.6. The second kappa shape index (κ2) is 16.9. The lowest BCUT2D eigenvalue weighted by molar-refractivity contribution is -0.140. The number of alkyl carbamates (subject to hydrolysis) is 1. The molecule has 3 N–H and O–H groups in total. The molecule has 3 aromatic rings. The van der Waals surface area contributed by atoms with Crippen LogP contribution < -0.4 is 10.6 Å². The minimum atomic E-state index is -1.05. The maximum Gasteiger partial charge on any atom is 0.408 e. The highest BCUT2D eigenvalue weighted by Gasteiger charge is 2.36. The number of nitrogens with one attached hydrogen (secondary N) is 2. The third kappa shape index (κ3) is 11.1. The highest BCUT2D eigenvalue weighted by Crippen LogP contribution is 2.30. The van der Waals surface area contributed by atoms with Gasteiger partial charge in [-0.05, 0) is 69.0 Å². The number of phenols is 1. The number of nitrogens with zero attached hydrogens (tertiary/aromatic N) is 1. The van der Waals surface area contributed by atoms with Gasteiger partial charge in [0, 0.05) is 13.0 Å². The molecule has 2 unspecified atom stereocenters. The number of carbonyl (C=O) groups is 3. The molecule has 45 heavy (non-hydrogen) atoms. The Kier molecular flexibility index (Phi) is 13.3. The molecule has 0 aliphatic carbocycles. The average Bonchev–Trinajstić information content (AvgIpc) is 2.98. The van der Waals surface area contributed by atoms with Crippen molar-refractivity contribution in [3.05, 3.63) is 94.5 Å². The number of halogens is 1. The lowest BCUT2D eigenvalue weighted by atomic mass is 9.99. The first-order valence-corrected chi connectivity index (χ1v) is 16.0. The summed E-state index contributed by atoms with van der Waals surface area (Å²) in [5, 5.41) is 16.0. The van der Waals surface area contributed by atoms with Crippen LogP contribution in [0, 0.1) is 6.92 Å². The average molecular weight is 636 g/mol. The fraction of sp³-hybridized carbons (Fsp3) is 0.417. The molecule has 2 atom stereocenters. The van der Waals surface area contributed by atoms with Crippen LogP contribution in [0.2, 0.25) is 5.02 Å². The lowest BCUT2D eigenvalue weighted by Crippen LogP contribution is -2.53. The number of carbonyl (C=O) groups excluding carboxylic acids is 3. The number of para-hydroxylation sites is 1. The van der Waals surface area contributed by atoms with Crippen LogP contribution in [0.15, 0.2) is 72.8 Å². The molecule has 0 heterocycles. The number of benzene rings is 3. The van der Waals surface area contributed by atoms with E-state index in [0.29, 0.717) is 29.2 Å². The van der Waals surface area contributed by atoms with Gasteiger partial charge in [0.15, 0.2) is 0 Å². The molecular formula is C36H46ClN3O5. The molecule has 0 saturated heterocycles. The van der Waals surface area contributed by atoms with Crippen LogP contribution in [0.3, 0.4) is 0 Å². The summed E-state index contributed by atoms with van der Waals surface area (Å²) in [6.07, 6.45) is 4.09. The predicted octanol–water partition coefficient (Wildman–Crippen LogP) is 7.97. The summed E-state index contributed by atoms with van der Waals surface area (Å²) in [6.45, 7) is 9.53. The van der Waals surface area contributed by atoms with Gasteiger partial charge >= 0.3 is 6.09 Å². The number of hydrogen-bond acceptors (Lipinski definition) is 5. The zero-order valence-corrected chi connectivity index (χ0v) is 27.7. The second-order valence-corrected chi connectivity index (χ2v) is 12.7. The zero-order valence-electron chi connectivity index (χ0n) is 26.9. The molecular weight excluding hydrogens is 590 g/mol. The van der Waals surface area contributed by atoms with Crippen molar-refractivity contribution >= 4 is 35.2 Å². The molecule has 9 heteroatoms. The van der Waals surface area contributed by atoms with Gasteiger partial charge in [-0.3, -0.25) is 9.59 Å².